The van der Waals surface area contributed by atoms with Crippen LogP contribution in [0.1, 0.15) is 16.7 Å². The van der Waals surface area contributed by atoms with E-state index in [1.807, 2.05) is 37.4 Å². The Labute approximate surface area is 170 Å². The lowest BCUT2D eigenvalue weighted by Gasteiger charge is -2.20. The van der Waals surface area contributed by atoms with Gasteiger partial charge in [-0.2, -0.15) is 0 Å². The van der Waals surface area contributed by atoms with Crippen LogP contribution in [0.3, 0.4) is 0 Å². The number of hydrogen-bond acceptors (Lipinski definition) is 6. The number of hydrogen-bond donors (Lipinski definition) is 1. The lowest BCUT2D eigenvalue weighted by atomic mass is 9.90. The number of pyridine rings is 1. The van der Waals surface area contributed by atoms with Crippen LogP contribution in [0.15, 0.2) is 30.5 Å². The van der Waals surface area contributed by atoms with Crippen LogP contribution in [0.5, 0.6) is 10.9 Å². The lowest BCUT2D eigenvalue weighted by Crippen LogP contribution is -2.09. The molecule has 0 atom stereocenters. The number of methoxy groups -OCH3 is 1. The molecule has 1 aliphatic heterocycles. The Morgan fingerprint density at radius 3 is 3.00 bits per heavy atom. The van der Waals surface area contributed by atoms with Crippen molar-refractivity contribution in [2.45, 2.75) is 19.8 Å². The fourth-order valence-electron chi connectivity index (χ4n) is 4.07. The Morgan fingerprint density at radius 2 is 2.21 bits per heavy atom. The minimum atomic E-state index is -0.871. The zero-order chi connectivity index (χ0) is 20.1. The van der Waals surface area contributed by atoms with E-state index in [1.54, 1.807) is 7.11 Å². The molecule has 1 N–H and O–H groups in total. The Balaban J connectivity index is 1.91. The maximum absolute atomic E-state index is 11.7. The maximum Gasteiger partial charge on any atom is 0.307 e. The molecule has 7 heteroatoms. The minimum absolute atomic E-state index is 0.0727. The van der Waals surface area contributed by atoms with Crippen LogP contribution in [-0.2, 0) is 17.6 Å². The van der Waals surface area contributed by atoms with E-state index < -0.39 is 5.97 Å². The molecule has 3 heterocycles. The number of ether oxygens (including phenoxy) is 2. The zero-order valence-electron chi connectivity index (χ0n) is 16.0. The van der Waals surface area contributed by atoms with Gasteiger partial charge in [0.05, 0.1) is 35.9 Å². The van der Waals surface area contributed by atoms with Gasteiger partial charge in [0.2, 0.25) is 0 Å². The summed E-state index contributed by atoms with van der Waals surface area (Å²) >= 11 is 1.42. The Hall–Kier alpha value is -3.19. The van der Waals surface area contributed by atoms with Crippen molar-refractivity contribution in [3.8, 4) is 22.1 Å². The molecule has 146 valence electrons. The van der Waals surface area contributed by atoms with Crippen molar-refractivity contribution in [3.05, 3.63) is 47.2 Å². The molecule has 0 saturated heterocycles. The van der Waals surface area contributed by atoms with Gasteiger partial charge in [-0.15, -0.1) is 0 Å². The molecule has 2 aromatic carbocycles. The van der Waals surface area contributed by atoms with Crippen LogP contribution < -0.4 is 9.47 Å². The average Bonchev–Trinajstić information content (AvgIpc) is 3.12. The third-order valence-corrected chi connectivity index (χ3v) is 6.38. The number of aryl methyl sites for hydroxylation is 1. The van der Waals surface area contributed by atoms with E-state index in [-0.39, 0.29) is 6.42 Å². The molecule has 1 aliphatic rings. The summed E-state index contributed by atoms with van der Waals surface area (Å²) in [5.74, 6) is -0.0483. The van der Waals surface area contributed by atoms with Gasteiger partial charge in [-0.1, -0.05) is 11.3 Å². The van der Waals surface area contributed by atoms with Gasteiger partial charge < -0.3 is 14.6 Å². The first-order valence-electron chi connectivity index (χ1n) is 9.29. The van der Waals surface area contributed by atoms with Crippen molar-refractivity contribution in [2.75, 3.05) is 13.7 Å². The number of aromatic nitrogens is 2. The minimum Gasteiger partial charge on any atom is -0.493 e. The molecule has 0 fully saturated rings. The van der Waals surface area contributed by atoms with Crippen molar-refractivity contribution < 1.29 is 19.4 Å². The fraction of sp³-hybridized carbons (Fsp3) is 0.227. The van der Waals surface area contributed by atoms with Crippen molar-refractivity contribution >= 4 is 38.4 Å². The second kappa shape index (κ2) is 6.70. The molecule has 0 amide bonds. The zero-order valence-corrected chi connectivity index (χ0v) is 16.8. The Morgan fingerprint density at radius 1 is 1.34 bits per heavy atom. The largest absolute Gasteiger partial charge is 0.493 e. The predicted octanol–water partition coefficient (Wildman–Crippen LogP) is 4.39. The first-order valence-corrected chi connectivity index (χ1v) is 10.1. The highest BCUT2D eigenvalue weighted by molar-refractivity contribution is 7.20. The van der Waals surface area contributed by atoms with Gasteiger partial charge in [0, 0.05) is 29.1 Å². The summed E-state index contributed by atoms with van der Waals surface area (Å²) in [5, 5.41) is 11.1. The maximum atomic E-state index is 11.7. The number of nitrogens with zero attached hydrogens (tertiary/aromatic N) is 2. The van der Waals surface area contributed by atoms with E-state index in [0.717, 1.165) is 55.5 Å². The average molecular weight is 406 g/mol. The van der Waals surface area contributed by atoms with Crippen molar-refractivity contribution in [1.82, 2.24) is 9.97 Å². The van der Waals surface area contributed by atoms with E-state index in [9.17, 15) is 9.90 Å². The van der Waals surface area contributed by atoms with Gasteiger partial charge in [0.25, 0.3) is 5.19 Å². The topological polar surface area (TPSA) is 81.5 Å². The summed E-state index contributed by atoms with van der Waals surface area (Å²) < 4.78 is 12.1. The molecule has 29 heavy (non-hydrogen) atoms. The normalized spacial score (nSPS) is 12.9. The highest BCUT2D eigenvalue weighted by atomic mass is 32.1. The predicted molar refractivity (Wildman–Crippen MR) is 112 cm³/mol. The summed E-state index contributed by atoms with van der Waals surface area (Å²) in [6.45, 7) is 2.57. The molecule has 0 unspecified atom stereocenters. The number of carbonyl (C=O) groups is 1. The van der Waals surface area contributed by atoms with Crippen molar-refractivity contribution in [3.63, 3.8) is 0 Å². The van der Waals surface area contributed by atoms with Gasteiger partial charge in [-0.05, 0) is 47.9 Å². The smallest absolute Gasteiger partial charge is 0.307 e. The monoisotopic (exact) mass is 406 g/mol. The van der Waals surface area contributed by atoms with Gasteiger partial charge in [0.1, 0.15) is 5.75 Å². The number of aliphatic carboxylic acids is 1. The molecule has 2 aromatic heterocycles. The van der Waals surface area contributed by atoms with Crippen LogP contribution in [-0.4, -0.2) is 34.8 Å². The van der Waals surface area contributed by atoms with Crippen molar-refractivity contribution in [1.29, 1.82) is 0 Å². The quantitative estimate of drug-likeness (QED) is 0.541. The van der Waals surface area contributed by atoms with E-state index in [4.69, 9.17) is 9.47 Å². The highest BCUT2D eigenvalue weighted by Crippen LogP contribution is 2.44. The number of thiazole rings is 1. The molecular formula is C22H18N2O4S. The third kappa shape index (κ3) is 2.81. The van der Waals surface area contributed by atoms with Gasteiger partial charge in [0.15, 0.2) is 0 Å². The summed E-state index contributed by atoms with van der Waals surface area (Å²) in [6, 6.07) is 7.89. The van der Waals surface area contributed by atoms with Gasteiger partial charge in [-0.25, -0.2) is 4.98 Å². The molecule has 0 spiro atoms. The van der Waals surface area contributed by atoms with E-state index >= 15 is 0 Å². The number of benzene rings is 2. The van der Waals surface area contributed by atoms with Crippen LogP contribution in [0.4, 0.5) is 0 Å². The molecule has 5 rings (SSSR count). The molecular weight excluding hydrogens is 388 g/mol. The second-order valence-electron chi connectivity index (χ2n) is 7.05. The molecule has 0 radical (unpaired) electrons. The van der Waals surface area contributed by atoms with Crippen molar-refractivity contribution in [2.24, 2.45) is 0 Å². The van der Waals surface area contributed by atoms with Gasteiger partial charge in [-0.3, -0.25) is 9.78 Å². The van der Waals surface area contributed by atoms with Gasteiger partial charge >= 0.3 is 5.97 Å². The summed E-state index contributed by atoms with van der Waals surface area (Å²) in [6.07, 6.45) is 2.57. The van der Waals surface area contributed by atoms with Crippen LogP contribution in [0.2, 0.25) is 0 Å². The van der Waals surface area contributed by atoms with E-state index in [0.29, 0.717) is 11.8 Å². The Kier molecular flexibility index (Phi) is 4.13. The Bertz CT molecular complexity index is 1290. The van der Waals surface area contributed by atoms with E-state index in [1.165, 1.54) is 16.9 Å². The fourth-order valence-corrected chi connectivity index (χ4v) is 5.02. The number of carboxylic acid groups (broad SMARTS) is 1. The number of fused-ring (bicyclic) bond motifs is 1. The first-order chi connectivity index (χ1) is 14.1. The van der Waals surface area contributed by atoms with Crippen LogP contribution >= 0.6 is 11.3 Å². The van der Waals surface area contributed by atoms with Crippen LogP contribution in [0, 0.1) is 6.92 Å². The first kappa shape index (κ1) is 17.9. The molecule has 6 nitrogen and oxygen atoms in total. The highest BCUT2D eigenvalue weighted by Gasteiger charge is 2.23. The summed E-state index contributed by atoms with van der Waals surface area (Å²) in [7, 11) is 1.59. The second-order valence-corrected chi connectivity index (χ2v) is 8.01. The summed E-state index contributed by atoms with van der Waals surface area (Å²) in [5.41, 5.74) is 6.24. The number of carboxylic acids is 1. The standard InChI is InChI=1S/C22H18N2O4S/c1-11-9-15-21(29-22(24-15)27-2)19(14(11)10-17(25)26)13-3-4-16-18-12(6-8-28-16)5-7-23-20(13)18/h3-5,7,9H,6,8,10H2,1-2H3,(H,25,26). The third-order valence-electron chi connectivity index (χ3n) is 5.33. The molecule has 0 saturated carbocycles. The lowest BCUT2D eigenvalue weighted by molar-refractivity contribution is -0.136. The van der Waals surface area contributed by atoms with Crippen LogP contribution in [0.25, 0.3) is 32.2 Å². The van der Waals surface area contributed by atoms with E-state index in [2.05, 4.69) is 9.97 Å². The number of rotatable bonds is 4. The molecule has 4 aromatic rings. The molecule has 0 bridgehead atoms. The SMILES string of the molecule is COc1nc2cc(C)c(CC(=O)O)c(-c3ccc4c5c(ccnc35)CCO4)c2s1. The summed E-state index contributed by atoms with van der Waals surface area (Å²) in [4.78, 5) is 20.9. The molecule has 0 aliphatic carbocycles.